The molecule has 0 spiro atoms. The minimum Gasteiger partial charge on any atom is -0.368 e. The maximum atomic E-state index is 6.00. The van der Waals surface area contributed by atoms with Crippen LogP contribution in [0.15, 0.2) is 103 Å². The molecule has 0 aliphatic carbocycles. The van der Waals surface area contributed by atoms with Crippen molar-refractivity contribution in [3.05, 3.63) is 103 Å². The summed E-state index contributed by atoms with van der Waals surface area (Å²) in [5.74, 6) is 1.29. The minimum atomic E-state index is 0.195. The fourth-order valence-electron chi connectivity index (χ4n) is 3.42. The summed E-state index contributed by atoms with van der Waals surface area (Å²) in [7, 11) is 0. The number of nitrogens with zero attached hydrogens (tertiary/aromatic N) is 4. The standard InChI is InChI=1S/C26H19N5/c27-26-30-24(21-13-9-19(10-14-21)18-6-2-1-3-7-18)29-25(31-26)22-15-11-20(12-16-22)23-8-4-5-17-28-23/h1-17H,(H2,27,29,30,31). The number of aromatic nitrogens is 4. The van der Waals surface area contributed by atoms with E-state index in [1.54, 1.807) is 6.20 Å². The Bertz CT molecular complexity index is 1200. The van der Waals surface area contributed by atoms with Gasteiger partial charge in [-0.1, -0.05) is 84.9 Å². The number of nitrogen functional groups attached to an aromatic ring is 1. The zero-order valence-corrected chi connectivity index (χ0v) is 16.7. The number of hydrogen-bond acceptors (Lipinski definition) is 5. The van der Waals surface area contributed by atoms with Crippen molar-refractivity contribution in [3.63, 3.8) is 0 Å². The highest BCUT2D eigenvalue weighted by atomic mass is 15.1. The molecule has 148 valence electrons. The van der Waals surface area contributed by atoms with E-state index in [9.17, 15) is 0 Å². The van der Waals surface area contributed by atoms with Crippen molar-refractivity contribution >= 4 is 5.95 Å². The first-order chi connectivity index (χ1) is 15.3. The van der Waals surface area contributed by atoms with E-state index in [1.807, 2.05) is 72.8 Å². The third-order valence-corrected chi connectivity index (χ3v) is 5.01. The van der Waals surface area contributed by atoms with E-state index in [0.717, 1.165) is 33.5 Å². The molecule has 31 heavy (non-hydrogen) atoms. The van der Waals surface area contributed by atoms with E-state index in [1.165, 1.54) is 0 Å². The smallest absolute Gasteiger partial charge is 0.224 e. The molecule has 2 heterocycles. The van der Waals surface area contributed by atoms with E-state index in [4.69, 9.17) is 5.73 Å². The van der Waals surface area contributed by atoms with Gasteiger partial charge in [-0.3, -0.25) is 4.98 Å². The van der Waals surface area contributed by atoms with Crippen LogP contribution in [0.3, 0.4) is 0 Å². The van der Waals surface area contributed by atoms with Crippen molar-refractivity contribution in [3.8, 4) is 45.2 Å². The van der Waals surface area contributed by atoms with Gasteiger partial charge < -0.3 is 5.73 Å². The Morgan fingerprint density at radius 1 is 0.452 bits per heavy atom. The van der Waals surface area contributed by atoms with Gasteiger partial charge in [0.2, 0.25) is 5.95 Å². The van der Waals surface area contributed by atoms with E-state index in [2.05, 4.69) is 44.2 Å². The van der Waals surface area contributed by atoms with Gasteiger partial charge >= 0.3 is 0 Å². The van der Waals surface area contributed by atoms with Crippen molar-refractivity contribution in [1.29, 1.82) is 0 Å². The van der Waals surface area contributed by atoms with Crippen LogP contribution >= 0.6 is 0 Å². The third kappa shape index (κ3) is 4.02. The Kier molecular flexibility index (Phi) is 4.91. The molecule has 5 heteroatoms. The molecular weight excluding hydrogens is 382 g/mol. The van der Waals surface area contributed by atoms with Gasteiger partial charge in [-0.25, -0.2) is 4.98 Å². The van der Waals surface area contributed by atoms with Crippen LogP contribution in [0, 0.1) is 0 Å². The molecule has 0 bridgehead atoms. The van der Waals surface area contributed by atoms with Gasteiger partial charge in [0.15, 0.2) is 11.6 Å². The lowest BCUT2D eigenvalue weighted by atomic mass is 10.0. The topological polar surface area (TPSA) is 77.6 Å². The van der Waals surface area contributed by atoms with Gasteiger partial charge in [-0.2, -0.15) is 9.97 Å². The zero-order chi connectivity index (χ0) is 21.0. The van der Waals surface area contributed by atoms with E-state index >= 15 is 0 Å². The average molecular weight is 401 g/mol. The lowest BCUT2D eigenvalue weighted by molar-refractivity contribution is 1.08. The highest BCUT2D eigenvalue weighted by Gasteiger charge is 2.10. The van der Waals surface area contributed by atoms with Crippen LogP contribution in [-0.4, -0.2) is 19.9 Å². The van der Waals surface area contributed by atoms with Gasteiger partial charge in [-0.15, -0.1) is 0 Å². The number of anilines is 1. The Morgan fingerprint density at radius 3 is 1.55 bits per heavy atom. The lowest BCUT2D eigenvalue weighted by Crippen LogP contribution is -2.02. The molecule has 3 aromatic carbocycles. The number of rotatable bonds is 4. The fourth-order valence-corrected chi connectivity index (χ4v) is 3.42. The summed E-state index contributed by atoms with van der Waals surface area (Å²) in [5.41, 5.74) is 12.0. The molecule has 0 unspecified atom stereocenters. The van der Waals surface area contributed by atoms with Crippen molar-refractivity contribution < 1.29 is 0 Å². The third-order valence-electron chi connectivity index (χ3n) is 5.01. The molecule has 5 aromatic rings. The molecule has 0 aliphatic heterocycles. The van der Waals surface area contributed by atoms with Crippen LogP contribution in [0.25, 0.3) is 45.2 Å². The number of pyridine rings is 1. The Balaban J connectivity index is 1.45. The zero-order valence-electron chi connectivity index (χ0n) is 16.7. The summed E-state index contributed by atoms with van der Waals surface area (Å²) in [5, 5.41) is 0. The summed E-state index contributed by atoms with van der Waals surface area (Å²) < 4.78 is 0. The molecule has 2 N–H and O–H groups in total. The predicted octanol–water partition coefficient (Wildman–Crippen LogP) is 5.52. The van der Waals surface area contributed by atoms with Crippen LogP contribution in [0.5, 0.6) is 0 Å². The lowest BCUT2D eigenvalue weighted by Gasteiger charge is -2.07. The van der Waals surface area contributed by atoms with Crippen molar-refractivity contribution in [2.75, 3.05) is 5.73 Å². The monoisotopic (exact) mass is 401 g/mol. The second kappa shape index (κ2) is 8.16. The molecule has 5 nitrogen and oxygen atoms in total. The highest BCUT2D eigenvalue weighted by molar-refractivity contribution is 5.70. The van der Waals surface area contributed by atoms with Gasteiger partial charge in [0, 0.05) is 22.9 Å². The minimum absolute atomic E-state index is 0.195. The van der Waals surface area contributed by atoms with E-state index < -0.39 is 0 Å². The largest absolute Gasteiger partial charge is 0.368 e. The van der Waals surface area contributed by atoms with Gasteiger partial charge in [0.05, 0.1) is 5.69 Å². The summed E-state index contributed by atoms with van der Waals surface area (Å²) in [4.78, 5) is 17.7. The summed E-state index contributed by atoms with van der Waals surface area (Å²) in [6.45, 7) is 0. The van der Waals surface area contributed by atoms with Gasteiger partial charge in [0.1, 0.15) is 0 Å². The van der Waals surface area contributed by atoms with Crippen LogP contribution in [-0.2, 0) is 0 Å². The van der Waals surface area contributed by atoms with Crippen LogP contribution in [0.1, 0.15) is 0 Å². The van der Waals surface area contributed by atoms with E-state index in [0.29, 0.717) is 11.6 Å². The first-order valence-corrected chi connectivity index (χ1v) is 9.95. The van der Waals surface area contributed by atoms with Crippen molar-refractivity contribution in [2.24, 2.45) is 0 Å². The second-order valence-electron chi connectivity index (χ2n) is 7.08. The van der Waals surface area contributed by atoms with Crippen LogP contribution in [0.4, 0.5) is 5.95 Å². The second-order valence-corrected chi connectivity index (χ2v) is 7.08. The number of hydrogen-bond donors (Lipinski definition) is 1. The molecule has 0 saturated heterocycles. The summed E-state index contributed by atoms with van der Waals surface area (Å²) in [6, 6.07) is 32.2. The molecule has 5 rings (SSSR count). The number of benzene rings is 3. The van der Waals surface area contributed by atoms with Gasteiger partial charge in [0.25, 0.3) is 0 Å². The molecule has 0 radical (unpaired) electrons. The summed E-state index contributed by atoms with van der Waals surface area (Å²) in [6.07, 6.45) is 1.78. The fraction of sp³-hybridized carbons (Fsp3) is 0. The Labute approximate surface area is 180 Å². The van der Waals surface area contributed by atoms with Gasteiger partial charge in [-0.05, 0) is 23.3 Å². The van der Waals surface area contributed by atoms with E-state index in [-0.39, 0.29) is 5.95 Å². The maximum absolute atomic E-state index is 6.00. The molecule has 0 fully saturated rings. The van der Waals surface area contributed by atoms with Crippen molar-refractivity contribution in [2.45, 2.75) is 0 Å². The highest BCUT2D eigenvalue weighted by Crippen LogP contribution is 2.26. The normalized spacial score (nSPS) is 10.7. The van der Waals surface area contributed by atoms with Crippen molar-refractivity contribution in [1.82, 2.24) is 19.9 Å². The first-order valence-electron chi connectivity index (χ1n) is 9.95. The Hall–Kier alpha value is -4.38. The molecule has 0 atom stereocenters. The average Bonchev–Trinajstić information content (AvgIpc) is 2.85. The first kappa shape index (κ1) is 18.6. The quantitative estimate of drug-likeness (QED) is 0.429. The predicted molar refractivity (Wildman–Crippen MR) is 124 cm³/mol. The van der Waals surface area contributed by atoms with Crippen LogP contribution < -0.4 is 5.73 Å². The molecule has 2 aromatic heterocycles. The molecule has 0 aliphatic rings. The molecule has 0 amide bonds. The Morgan fingerprint density at radius 2 is 0.968 bits per heavy atom. The van der Waals surface area contributed by atoms with Crippen LogP contribution in [0.2, 0.25) is 0 Å². The molecule has 0 saturated carbocycles. The SMILES string of the molecule is Nc1nc(-c2ccc(-c3ccccc3)cc2)nc(-c2ccc(-c3ccccn3)cc2)n1. The summed E-state index contributed by atoms with van der Waals surface area (Å²) >= 11 is 0. The number of nitrogens with two attached hydrogens (primary N) is 1. The maximum Gasteiger partial charge on any atom is 0.224 e. The molecular formula is C26H19N5.